The first-order chi connectivity index (χ1) is 11.0. The quantitative estimate of drug-likeness (QED) is 0.816. The highest BCUT2D eigenvalue weighted by molar-refractivity contribution is 9.10. The molecule has 1 aromatic carbocycles. The molecule has 23 heavy (non-hydrogen) atoms. The molecule has 2 atom stereocenters. The van der Waals surface area contributed by atoms with Crippen LogP contribution in [0.1, 0.15) is 50.6 Å². The normalized spacial score (nSPS) is 28.1. The van der Waals surface area contributed by atoms with Gasteiger partial charge in [-0.2, -0.15) is 0 Å². The average molecular weight is 384 g/mol. The van der Waals surface area contributed by atoms with Crippen LogP contribution in [0.3, 0.4) is 0 Å². The van der Waals surface area contributed by atoms with Crippen molar-refractivity contribution in [3.05, 3.63) is 34.3 Å². The third-order valence-corrected chi connectivity index (χ3v) is 5.55. The summed E-state index contributed by atoms with van der Waals surface area (Å²) in [4.78, 5) is 0. The number of halogens is 1. The predicted octanol–water partition coefficient (Wildman–Crippen LogP) is 3.54. The Morgan fingerprint density at radius 2 is 1.91 bits per heavy atom. The van der Waals surface area contributed by atoms with Crippen molar-refractivity contribution < 1.29 is 14.6 Å². The van der Waals surface area contributed by atoms with Gasteiger partial charge in [-0.3, -0.25) is 0 Å². The van der Waals surface area contributed by atoms with Gasteiger partial charge in [-0.05, 0) is 50.4 Å². The molecule has 1 aromatic rings. The molecule has 1 saturated heterocycles. The largest absolute Gasteiger partial charge is 0.390 e. The molecular weight excluding hydrogens is 358 g/mol. The van der Waals surface area contributed by atoms with E-state index in [1.807, 2.05) is 0 Å². The highest BCUT2D eigenvalue weighted by Crippen LogP contribution is 2.42. The monoisotopic (exact) mass is 383 g/mol. The Hall–Kier alpha value is -0.460. The van der Waals surface area contributed by atoms with Gasteiger partial charge in [0.05, 0.1) is 18.8 Å². The number of hydrogen-bond donors (Lipinski definition) is 2. The van der Waals surface area contributed by atoms with Gasteiger partial charge in [0, 0.05) is 23.4 Å². The van der Waals surface area contributed by atoms with Crippen molar-refractivity contribution in [1.82, 2.24) is 5.32 Å². The third-order valence-electron chi connectivity index (χ3n) is 5.02. The van der Waals surface area contributed by atoms with Crippen molar-refractivity contribution in [1.29, 1.82) is 0 Å². The standard InChI is InChI=1S/C18H26BrNO3/c1-14(15-3-5-16(19)6-4-15)20-10-9-17(21)7-2-8-18(13-17)22-11-12-23-18/h3-6,14,20-21H,2,7-13H2,1H3/t14-,17?/m0/s1. The molecule has 0 radical (unpaired) electrons. The molecule has 2 N–H and O–H groups in total. The van der Waals surface area contributed by atoms with E-state index in [1.54, 1.807) is 0 Å². The van der Waals surface area contributed by atoms with Crippen LogP contribution in [0.5, 0.6) is 0 Å². The Kier molecular flexibility index (Phi) is 5.43. The summed E-state index contributed by atoms with van der Waals surface area (Å²) in [6, 6.07) is 8.61. The van der Waals surface area contributed by atoms with E-state index in [-0.39, 0.29) is 6.04 Å². The van der Waals surface area contributed by atoms with Crippen LogP contribution in [-0.2, 0) is 9.47 Å². The van der Waals surface area contributed by atoms with Gasteiger partial charge in [-0.15, -0.1) is 0 Å². The minimum Gasteiger partial charge on any atom is -0.390 e. The summed E-state index contributed by atoms with van der Waals surface area (Å²) in [5.74, 6) is -0.523. The number of benzene rings is 1. The molecule has 1 unspecified atom stereocenters. The fourth-order valence-electron chi connectivity index (χ4n) is 3.71. The van der Waals surface area contributed by atoms with Crippen molar-refractivity contribution >= 4 is 15.9 Å². The molecule has 1 spiro atoms. The second-order valence-electron chi connectivity index (χ2n) is 6.84. The summed E-state index contributed by atoms with van der Waals surface area (Å²) < 4.78 is 12.6. The summed E-state index contributed by atoms with van der Waals surface area (Å²) in [6.45, 7) is 4.23. The Morgan fingerprint density at radius 1 is 1.22 bits per heavy atom. The van der Waals surface area contributed by atoms with Crippen LogP contribution < -0.4 is 5.32 Å². The van der Waals surface area contributed by atoms with Crippen molar-refractivity contribution in [2.45, 2.75) is 56.5 Å². The van der Waals surface area contributed by atoms with E-state index in [1.165, 1.54) is 5.56 Å². The third kappa shape index (κ3) is 4.34. The highest BCUT2D eigenvalue weighted by Gasteiger charge is 2.47. The van der Waals surface area contributed by atoms with E-state index in [4.69, 9.17) is 9.47 Å². The summed E-state index contributed by atoms with van der Waals surface area (Å²) in [7, 11) is 0. The zero-order chi connectivity index (χ0) is 16.3. The topological polar surface area (TPSA) is 50.7 Å². The van der Waals surface area contributed by atoms with Crippen molar-refractivity contribution in [2.75, 3.05) is 19.8 Å². The molecule has 0 aromatic heterocycles. The number of ether oxygens (including phenoxy) is 2. The summed E-state index contributed by atoms with van der Waals surface area (Å²) >= 11 is 3.46. The summed E-state index contributed by atoms with van der Waals surface area (Å²) in [6.07, 6.45) is 4.00. The summed E-state index contributed by atoms with van der Waals surface area (Å²) in [5.41, 5.74) is 0.567. The highest BCUT2D eigenvalue weighted by atomic mass is 79.9. The molecule has 2 fully saturated rings. The van der Waals surface area contributed by atoms with Gasteiger partial charge in [0.1, 0.15) is 0 Å². The number of hydrogen-bond acceptors (Lipinski definition) is 4. The zero-order valence-electron chi connectivity index (χ0n) is 13.7. The molecule has 3 rings (SSSR count). The Balaban J connectivity index is 1.50. The first-order valence-corrected chi connectivity index (χ1v) is 9.29. The Labute approximate surface area is 146 Å². The SMILES string of the molecule is C[C@H](NCCC1(O)CCCC2(C1)OCCO2)c1ccc(Br)cc1. The van der Waals surface area contributed by atoms with Gasteiger partial charge in [0.25, 0.3) is 0 Å². The number of aliphatic hydroxyl groups is 1. The van der Waals surface area contributed by atoms with Gasteiger partial charge in [-0.1, -0.05) is 28.1 Å². The number of nitrogens with one attached hydrogen (secondary N) is 1. The van der Waals surface area contributed by atoms with E-state index in [0.717, 1.165) is 36.7 Å². The van der Waals surface area contributed by atoms with Gasteiger partial charge < -0.3 is 19.9 Å². The van der Waals surface area contributed by atoms with Crippen molar-refractivity contribution in [2.24, 2.45) is 0 Å². The predicted molar refractivity (Wildman–Crippen MR) is 93.2 cm³/mol. The lowest BCUT2D eigenvalue weighted by molar-refractivity contribution is -0.218. The molecule has 5 heteroatoms. The van der Waals surface area contributed by atoms with Gasteiger partial charge in [0.15, 0.2) is 5.79 Å². The molecule has 128 valence electrons. The van der Waals surface area contributed by atoms with E-state index in [2.05, 4.69) is 52.4 Å². The molecule has 1 heterocycles. The molecule has 0 bridgehead atoms. The van der Waals surface area contributed by atoms with Crippen LogP contribution in [0.25, 0.3) is 0 Å². The van der Waals surface area contributed by atoms with E-state index >= 15 is 0 Å². The lowest BCUT2D eigenvalue weighted by Crippen LogP contribution is -2.47. The second-order valence-corrected chi connectivity index (χ2v) is 7.76. The fourth-order valence-corrected chi connectivity index (χ4v) is 3.98. The molecule has 1 saturated carbocycles. The van der Waals surface area contributed by atoms with E-state index < -0.39 is 11.4 Å². The lowest BCUT2D eigenvalue weighted by atomic mass is 9.79. The molecular formula is C18H26BrNO3. The van der Waals surface area contributed by atoms with E-state index in [0.29, 0.717) is 19.6 Å². The number of rotatable bonds is 5. The maximum absolute atomic E-state index is 10.9. The van der Waals surface area contributed by atoms with E-state index in [9.17, 15) is 5.11 Å². The molecule has 1 aliphatic carbocycles. The lowest BCUT2D eigenvalue weighted by Gasteiger charge is -2.42. The van der Waals surface area contributed by atoms with Gasteiger partial charge in [-0.25, -0.2) is 0 Å². The average Bonchev–Trinajstić information content (AvgIpc) is 2.95. The smallest absolute Gasteiger partial charge is 0.171 e. The molecule has 2 aliphatic rings. The molecule has 0 amide bonds. The zero-order valence-corrected chi connectivity index (χ0v) is 15.3. The fraction of sp³-hybridized carbons (Fsp3) is 0.667. The minimum atomic E-state index is -0.685. The second kappa shape index (κ2) is 7.19. The first kappa shape index (κ1) is 17.4. The van der Waals surface area contributed by atoms with Crippen LogP contribution in [-0.4, -0.2) is 36.3 Å². The van der Waals surface area contributed by atoms with Gasteiger partial charge in [0.2, 0.25) is 0 Å². The van der Waals surface area contributed by atoms with Crippen LogP contribution in [0, 0.1) is 0 Å². The minimum absolute atomic E-state index is 0.267. The molecule has 1 aliphatic heterocycles. The maximum atomic E-state index is 10.9. The van der Waals surface area contributed by atoms with Crippen LogP contribution in [0.15, 0.2) is 28.7 Å². The van der Waals surface area contributed by atoms with Crippen molar-refractivity contribution in [3.8, 4) is 0 Å². The Morgan fingerprint density at radius 3 is 2.61 bits per heavy atom. The van der Waals surface area contributed by atoms with Crippen LogP contribution in [0.4, 0.5) is 0 Å². The molecule has 4 nitrogen and oxygen atoms in total. The van der Waals surface area contributed by atoms with Gasteiger partial charge >= 0.3 is 0 Å². The Bertz CT molecular complexity index is 516. The van der Waals surface area contributed by atoms with Crippen molar-refractivity contribution in [3.63, 3.8) is 0 Å². The first-order valence-electron chi connectivity index (χ1n) is 8.50. The summed E-state index contributed by atoms with van der Waals surface area (Å²) in [5, 5.41) is 14.4. The maximum Gasteiger partial charge on any atom is 0.171 e. The van der Waals surface area contributed by atoms with Crippen LogP contribution in [0.2, 0.25) is 0 Å². The van der Waals surface area contributed by atoms with Crippen LogP contribution >= 0.6 is 15.9 Å².